The molecule has 1 atom stereocenters. The maximum absolute atomic E-state index is 12.8. The van der Waals surface area contributed by atoms with E-state index in [9.17, 15) is 4.39 Å². The zero-order valence-corrected chi connectivity index (χ0v) is 10.00. The van der Waals surface area contributed by atoms with Gasteiger partial charge in [0.05, 0.1) is 0 Å². The summed E-state index contributed by atoms with van der Waals surface area (Å²) in [7, 11) is 0. The van der Waals surface area contributed by atoms with Crippen molar-refractivity contribution in [3.63, 3.8) is 0 Å². The summed E-state index contributed by atoms with van der Waals surface area (Å²) in [5.41, 5.74) is 6.97. The third-order valence-corrected chi connectivity index (χ3v) is 2.98. The third-order valence-electron chi connectivity index (χ3n) is 2.04. The first-order chi connectivity index (χ1) is 6.65. The molecule has 1 aromatic rings. The topological polar surface area (TPSA) is 26.0 Å². The smallest absolute Gasteiger partial charge is 0.124 e. The Kier molecular flexibility index (Phi) is 4.54. The van der Waals surface area contributed by atoms with E-state index in [2.05, 4.69) is 29.2 Å². The van der Waals surface area contributed by atoms with Crippen molar-refractivity contribution in [1.82, 2.24) is 0 Å². The molecule has 1 rings (SSSR count). The summed E-state index contributed by atoms with van der Waals surface area (Å²) >= 11 is 2.11. The highest BCUT2D eigenvalue weighted by Gasteiger charge is 2.09. The second kappa shape index (κ2) is 5.46. The lowest BCUT2D eigenvalue weighted by atomic mass is 10.0. The van der Waals surface area contributed by atoms with Crippen LogP contribution in [0, 0.1) is 9.39 Å². The maximum atomic E-state index is 12.8. The van der Waals surface area contributed by atoms with Gasteiger partial charge < -0.3 is 5.73 Å². The minimum atomic E-state index is -0.214. The van der Waals surface area contributed by atoms with E-state index in [1.807, 2.05) is 6.08 Å². The van der Waals surface area contributed by atoms with Gasteiger partial charge in [-0.25, -0.2) is 4.39 Å². The summed E-state index contributed by atoms with van der Waals surface area (Å²) in [5.74, 6) is -0.214. The average Bonchev–Trinajstić information content (AvgIpc) is 2.14. The van der Waals surface area contributed by atoms with E-state index in [1.165, 1.54) is 12.1 Å². The van der Waals surface area contributed by atoms with Gasteiger partial charge in [0, 0.05) is 9.61 Å². The Morgan fingerprint density at radius 3 is 2.86 bits per heavy atom. The molecule has 0 heterocycles. The van der Waals surface area contributed by atoms with Crippen LogP contribution in [-0.4, -0.2) is 0 Å². The van der Waals surface area contributed by atoms with Crippen molar-refractivity contribution in [1.29, 1.82) is 0 Å². The Bertz CT molecular complexity index is 325. The quantitative estimate of drug-likeness (QED) is 0.669. The molecule has 0 aliphatic carbocycles. The molecular formula is C11H13FIN. The van der Waals surface area contributed by atoms with Crippen molar-refractivity contribution >= 4 is 22.6 Å². The fourth-order valence-electron chi connectivity index (χ4n) is 1.26. The van der Waals surface area contributed by atoms with Gasteiger partial charge in [0.2, 0.25) is 0 Å². The van der Waals surface area contributed by atoms with Gasteiger partial charge in [0.1, 0.15) is 5.82 Å². The van der Waals surface area contributed by atoms with Gasteiger partial charge in [-0.05, 0) is 53.1 Å². The Morgan fingerprint density at radius 1 is 1.57 bits per heavy atom. The average molecular weight is 305 g/mol. The highest BCUT2D eigenvalue weighted by molar-refractivity contribution is 14.1. The fourth-order valence-corrected chi connectivity index (χ4v) is 2.13. The van der Waals surface area contributed by atoms with Crippen molar-refractivity contribution in [2.24, 2.45) is 5.73 Å². The van der Waals surface area contributed by atoms with Crippen LogP contribution >= 0.6 is 22.6 Å². The molecule has 14 heavy (non-hydrogen) atoms. The number of hydrogen-bond acceptors (Lipinski definition) is 1. The summed E-state index contributed by atoms with van der Waals surface area (Å²) in [6, 6.07) is 4.68. The maximum Gasteiger partial charge on any atom is 0.124 e. The summed E-state index contributed by atoms with van der Waals surface area (Å²) in [6.45, 7) is 3.65. The van der Waals surface area contributed by atoms with Gasteiger partial charge in [-0.2, -0.15) is 0 Å². The van der Waals surface area contributed by atoms with Crippen LogP contribution in [0.1, 0.15) is 24.4 Å². The summed E-state index contributed by atoms with van der Waals surface area (Å²) < 4.78 is 13.7. The van der Waals surface area contributed by atoms with Gasteiger partial charge in [-0.3, -0.25) is 0 Å². The number of nitrogens with two attached hydrogens (primary N) is 1. The molecule has 0 fully saturated rings. The molecule has 0 amide bonds. The molecule has 2 N–H and O–H groups in total. The number of allylic oxidation sites excluding steroid dienone is 1. The van der Waals surface area contributed by atoms with Crippen molar-refractivity contribution in [2.75, 3.05) is 0 Å². The predicted octanol–water partition coefficient (Wildman–Crippen LogP) is 3.40. The first-order valence-electron chi connectivity index (χ1n) is 4.46. The van der Waals surface area contributed by atoms with Crippen LogP contribution in [0.4, 0.5) is 4.39 Å². The predicted molar refractivity (Wildman–Crippen MR) is 65.5 cm³/mol. The molecule has 0 aliphatic rings. The molecule has 76 valence electrons. The van der Waals surface area contributed by atoms with E-state index in [-0.39, 0.29) is 11.9 Å². The molecule has 0 aromatic heterocycles. The molecule has 0 aliphatic heterocycles. The first kappa shape index (κ1) is 11.7. The Labute approximate surface area is 97.3 Å². The van der Waals surface area contributed by atoms with E-state index in [1.54, 1.807) is 6.07 Å². The molecule has 3 heteroatoms. The highest BCUT2D eigenvalue weighted by Crippen LogP contribution is 2.22. The van der Waals surface area contributed by atoms with Crippen LogP contribution in [0.2, 0.25) is 0 Å². The van der Waals surface area contributed by atoms with E-state index < -0.39 is 0 Å². The van der Waals surface area contributed by atoms with Gasteiger partial charge in [-0.15, -0.1) is 6.58 Å². The lowest BCUT2D eigenvalue weighted by Gasteiger charge is -2.12. The van der Waals surface area contributed by atoms with Crippen LogP contribution < -0.4 is 5.73 Å². The van der Waals surface area contributed by atoms with Gasteiger partial charge in [-0.1, -0.05) is 12.1 Å². The second-order valence-corrected chi connectivity index (χ2v) is 4.30. The molecule has 1 aromatic carbocycles. The van der Waals surface area contributed by atoms with E-state index in [0.29, 0.717) is 0 Å². The molecule has 1 unspecified atom stereocenters. The highest BCUT2D eigenvalue weighted by atomic mass is 127. The lowest BCUT2D eigenvalue weighted by molar-refractivity contribution is 0.618. The van der Waals surface area contributed by atoms with Gasteiger partial charge in [0.25, 0.3) is 0 Å². The number of halogens is 2. The lowest BCUT2D eigenvalue weighted by Crippen LogP contribution is -2.11. The van der Waals surface area contributed by atoms with Crippen LogP contribution in [0.5, 0.6) is 0 Å². The fraction of sp³-hybridized carbons (Fsp3) is 0.273. The molecule has 0 saturated heterocycles. The number of benzene rings is 1. The minimum absolute atomic E-state index is 0.0273. The molecular weight excluding hydrogens is 292 g/mol. The number of rotatable bonds is 4. The Morgan fingerprint density at radius 2 is 2.29 bits per heavy atom. The van der Waals surface area contributed by atoms with Crippen molar-refractivity contribution in [3.8, 4) is 0 Å². The molecule has 0 radical (unpaired) electrons. The van der Waals surface area contributed by atoms with E-state index in [0.717, 1.165) is 22.0 Å². The third kappa shape index (κ3) is 3.06. The summed E-state index contributed by atoms with van der Waals surface area (Å²) in [4.78, 5) is 0. The van der Waals surface area contributed by atoms with Crippen LogP contribution in [0.25, 0.3) is 0 Å². The standard InChI is InChI=1S/C11H13FIN/c1-2-3-4-11(14)9-6-5-8(12)7-10(9)13/h2,5-7,11H,1,3-4,14H2. The minimum Gasteiger partial charge on any atom is -0.324 e. The Balaban J connectivity index is 2.78. The van der Waals surface area contributed by atoms with Crippen LogP contribution in [0.15, 0.2) is 30.9 Å². The van der Waals surface area contributed by atoms with Crippen LogP contribution in [-0.2, 0) is 0 Å². The SMILES string of the molecule is C=CCCC(N)c1ccc(F)cc1I. The molecule has 0 spiro atoms. The Hall–Kier alpha value is -0.420. The summed E-state index contributed by atoms with van der Waals surface area (Å²) in [5, 5.41) is 0. The second-order valence-electron chi connectivity index (χ2n) is 3.14. The zero-order valence-electron chi connectivity index (χ0n) is 7.84. The summed E-state index contributed by atoms with van der Waals surface area (Å²) in [6.07, 6.45) is 3.58. The van der Waals surface area contributed by atoms with E-state index in [4.69, 9.17) is 5.73 Å². The van der Waals surface area contributed by atoms with Crippen LogP contribution in [0.3, 0.4) is 0 Å². The molecule has 1 nitrogen and oxygen atoms in total. The van der Waals surface area contributed by atoms with Crippen molar-refractivity contribution in [2.45, 2.75) is 18.9 Å². The molecule has 0 bridgehead atoms. The normalized spacial score (nSPS) is 12.5. The van der Waals surface area contributed by atoms with Crippen molar-refractivity contribution in [3.05, 3.63) is 45.8 Å². The largest absolute Gasteiger partial charge is 0.324 e. The first-order valence-corrected chi connectivity index (χ1v) is 5.54. The van der Waals surface area contributed by atoms with Crippen molar-refractivity contribution < 1.29 is 4.39 Å². The van der Waals surface area contributed by atoms with Gasteiger partial charge in [0.15, 0.2) is 0 Å². The molecule has 0 saturated carbocycles. The number of hydrogen-bond donors (Lipinski definition) is 1. The monoisotopic (exact) mass is 305 g/mol. The van der Waals surface area contributed by atoms with Gasteiger partial charge >= 0.3 is 0 Å². The zero-order chi connectivity index (χ0) is 10.6. The van der Waals surface area contributed by atoms with E-state index >= 15 is 0 Å².